The van der Waals surface area contributed by atoms with E-state index in [4.69, 9.17) is 4.74 Å². The van der Waals surface area contributed by atoms with Crippen LogP contribution in [0.2, 0.25) is 0 Å². The fourth-order valence-corrected chi connectivity index (χ4v) is 9.73. The highest BCUT2D eigenvalue weighted by molar-refractivity contribution is 5.10. The smallest absolute Gasteiger partial charge is 0.0881 e. The predicted octanol–water partition coefficient (Wildman–Crippen LogP) is 7.13. The molecule has 8 unspecified atom stereocenters. The lowest BCUT2D eigenvalue weighted by Gasteiger charge is -2.62. The zero-order valence-electron chi connectivity index (χ0n) is 22.5. The molecule has 0 aromatic carbocycles. The van der Waals surface area contributed by atoms with Crippen molar-refractivity contribution in [3.05, 3.63) is 0 Å². The van der Waals surface area contributed by atoms with Gasteiger partial charge >= 0.3 is 0 Å². The average molecular weight is 463 g/mol. The predicted molar refractivity (Wildman–Crippen MR) is 136 cm³/mol. The summed E-state index contributed by atoms with van der Waals surface area (Å²) in [6.45, 7) is 12.7. The number of fused-ring (bicyclic) bond motifs is 5. The molecule has 192 valence electrons. The summed E-state index contributed by atoms with van der Waals surface area (Å²) >= 11 is 0. The van der Waals surface area contributed by atoms with Crippen molar-refractivity contribution < 1.29 is 14.9 Å². The van der Waals surface area contributed by atoms with Gasteiger partial charge in [-0.3, -0.25) is 0 Å². The van der Waals surface area contributed by atoms with Crippen molar-refractivity contribution in [2.75, 3.05) is 13.2 Å². The standard InChI is InChI=1S/C28H48O3.C2H6/c1-25(29)15-16-27(3)21(18-25)7-9-22-23-10-8-20(26(23,2)14-11-24(22)27)6-4-12-28(30)13-5-17-31-19-28;1-2/h20-24,29-30H,4-19H2,1-3H3;1-2H3/t20?,21?,22?,23?,24?,25-,26?,27?,28?;/m0./s1. The van der Waals surface area contributed by atoms with E-state index in [0.29, 0.717) is 17.4 Å². The molecule has 5 fully saturated rings. The van der Waals surface area contributed by atoms with Crippen LogP contribution in [-0.4, -0.2) is 34.6 Å². The van der Waals surface area contributed by atoms with Crippen molar-refractivity contribution in [3.8, 4) is 0 Å². The van der Waals surface area contributed by atoms with Crippen molar-refractivity contribution in [2.45, 2.75) is 136 Å². The van der Waals surface area contributed by atoms with Crippen LogP contribution in [0.25, 0.3) is 0 Å². The number of aliphatic hydroxyl groups is 2. The third-order valence-corrected chi connectivity index (χ3v) is 11.6. The van der Waals surface area contributed by atoms with Crippen molar-refractivity contribution in [2.24, 2.45) is 40.4 Å². The summed E-state index contributed by atoms with van der Waals surface area (Å²) in [5.41, 5.74) is 0.0150. The summed E-state index contributed by atoms with van der Waals surface area (Å²) in [4.78, 5) is 0. The molecular weight excluding hydrogens is 408 g/mol. The van der Waals surface area contributed by atoms with Crippen molar-refractivity contribution in [3.63, 3.8) is 0 Å². The lowest BCUT2D eigenvalue weighted by Crippen LogP contribution is -2.55. The molecule has 0 amide bonds. The second-order valence-electron chi connectivity index (χ2n) is 13.4. The molecule has 0 radical (unpaired) electrons. The topological polar surface area (TPSA) is 49.7 Å². The highest BCUT2D eigenvalue weighted by atomic mass is 16.5. The Labute approximate surface area is 204 Å². The first kappa shape index (κ1) is 26.0. The summed E-state index contributed by atoms with van der Waals surface area (Å²) in [5, 5.41) is 21.5. The van der Waals surface area contributed by atoms with Gasteiger partial charge in [0, 0.05) is 6.61 Å². The van der Waals surface area contributed by atoms with Gasteiger partial charge in [-0.2, -0.15) is 0 Å². The lowest BCUT2D eigenvalue weighted by atomic mass is 9.44. The Morgan fingerprint density at radius 1 is 0.818 bits per heavy atom. The first-order chi connectivity index (χ1) is 15.7. The molecule has 1 aliphatic heterocycles. The summed E-state index contributed by atoms with van der Waals surface area (Å²) < 4.78 is 5.57. The third kappa shape index (κ3) is 4.82. The van der Waals surface area contributed by atoms with E-state index in [1.54, 1.807) is 0 Å². The highest BCUT2D eigenvalue weighted by Crippen LogP contribution is 2.68. The molecule has 0 aromatic rings. The van der Waals surface area contributed by atoms with Gasteiger partial charge in [-0.05, 0) is 131 Å². The lowest BCUT2D eigenvalue weighted by molar-refractivity contribution is -0.146. The molecule has 1 saturated heterocycles. The van der Waals surface area contributed by atoms with E-state index >= 15 is 0 Å². The normalized spacial score (nSPS) is 51.5. The Morgan fingerprint density at radius 3 is 2.30 bits per heavy atom. The average Bonchev–Trinajstić information content (AvgIpc) is 3.12. The van der Waals surface area contributed by atoms with Gasteiger partial charge in [-0.25, -0.2) is 0 Å². The molecule has 0 spiro atoms. The Kier molecular flexibility index (Phi) is 7.66. The third-order valence-electron chi connectivity index (χ3n) is 11.6. The Bertz CT molecular complexity index is 653. The van der Waals surface area contributed by atoms with Crippen LogP contribution in [0.3, 0.4) is 0 Å². The largest absolute Gasteiger partial charge is 0.390 e. The maximum atomic E-state index is 10.8. The Balaban J connectivity index is 0.00000126. The van der Waals surface area contributed by atoms with Crippen molar-refractivity contribution >= 4 is 0 Å². The molecule has 0 bridgehead atoms. The Hall–Kier alpha value is -0.120. The first-order valence-corrected chi connectivity index (χ1v) is 14.7. The zero-order valence-corrected chi connectivity index (χ0v) is 22.5. The van der Waals surface area contributed by atoms with Gasteiger partial charge in [0.25, 0.3) is 0 Å². The molecule has 2 N–H and O–H groups in total. The zero-order chi connectivity index (χ0) is 23.9. The van der Waals surface area contributed by atoms with Crippen molar-refractivity contribution in [1.29, 1.82) is 0 Å². The second kappa shape index (κ2) is 9.74. The van der Waals surface area contributed by atoms with Crippen LogP contribution in [0.1, 0.15) is 125 Å². The van der Waals surface area contributed by atoms with Crippen LogP contribution >= 0.6 is 0 Å². The maximum Gasteiger partial charge on any atom is 0.0881 e. The minimum Gasteiger partial charge on any atom is -0.390 e. The van der Waals surface area contributed by atoms with Gasteiger partial charge in [-0.15, -0.1) is 0 Å². The van der Waals surface area contributed by atoms with E-state index < -0.39 is 11.2 Å². The molecule has 1 heterocycles. The molecule has 9 atom stereocenters. The van der Waals surface area contributed by atoms with E-state index in [0.717, 1.165) is 74.7 Å². The van der Waals surface area contributed by atoms with Crippen LogP contribution in [0.5, 0.6) is 0 Å². The van der Waals surface area contributed by atoms with Gasteiger partial charge in [0.1, 0.15) is 0 Å². The van der Waals surface area contributed by atoms with Crippen molar-refractivity contribution in [1.82, 2.24) is 0 Å². The van der Waals surface area contributed by atoms with E-state index in [9.17, 15) is 10.2 Å². The van der Waals surface area contributed by atoms with Gasteiger partial charge in [0.05, 0.1) is 17.8 Å². The Morgan fingerprint density at radius 2 is 1.58 bits per heavy atom. The summed E-state index contributed by atoms with van der Waals surface area (Å²) in [6.07, 6.45) is 17.0. The van der Waals surface area contributed by atoms with Crippen LogP contribution in [-0.2, 0) is 4.74 Å². The molecular formula is C30H54O3. The first-order valence-electron chi connectivity index (χ1n) is 14.7. The molecule has 5 aliphatic rings. The fourth-order valence-electron chi connectivity index (χ4n) is 9.73. The quantitative estimate of drug-likeness (QED) is 0.467. The monoisotopic (exact) mass is 462 g/mol. The molecule has 0 aromatic heterocycles. The van der Waals surface area contributed by atoms with Gasteiger partial charge in [0.15, 0.2) is 0 Å². The maximum absolute atomic E-state index is 10.8. The van der Waals surface area contributed by atoms with Gasteiger partial charge in [-0.1, -0.05) is 34.1 Å². The molecule has 4 aliphatic carbocycles. The van der Waals surface area contributed by atoms with E-state index in [1.165, 1.54) is 51.4 Å². The van der Waals surface area contributed by atoms with Crippen LogP contribution < -0.4 is 0 Å². The summed E-state index contributed by atoms with van der Waals surface area (Å²) in [7, 11) is 0. The molecule has 3 heteroatoms. The number of hydrogen-bond acceptors (Lipinski definition) is 3. The number of rotatable bonds is 4. The molecule has 33 heavy (non-hydrogen) atoms. The fraction of sp³-hybridized carbons (Fsp3) is 1.00. The van der Waals surface area contributed by atoms with E-state index in [1.807, 2.05) is 13.8 Å². The van der Waals surface area contributed by atoms with Crippen LogP contribution in [0, 0.1) is 40.4 Å². The van der Waals surface area contributed by atoms with Gasteiger partial charge < -0.3 is 14.9 Å². The SMILES string of the molecule is CC.CC12CCC3C(CCC4C[C@@](C)(O)CCC43C)C1CCC2CCCC1(O)CCCOC1. The summed E-state index contributed by atoms with van der Waals surface area (Å²) in [5.74, 6) is 4.31. The van der Waals surface area contributed by atoms with Crippen LogP contribution in [0.15, 0.2) is 0 Å². The summed E-state index contributed by atoms with van der Waals surface area (Å²) in [6, 6.07) is 0. The molecule has 5 rings (SSSR count). The van der Waals surface area contributed by atoms with E-state index in [-0.39, 0.29) is 0 Å². The molecule has 4 saturated carbocycles. The minimum absolute atomic E-state index is 0.425. The van der Waals surface area contributed by atoms with E-state index in [2.05, 4.69) is 20.8 Å². The second-order valence-corrected chi connectivity index (χ2v) is 13.4. The van der Waals surface area contributed by atoms with Gasteiger partial charge in [0.2, 0.25) is 0 Å². The molecule has 3 nitrogen and oxygen atoms in total. The number of hydrogen-bond donors (Lipinski definition) is 2. The highest BCUT2D eigenvalue weighted by Gasteiger charge is 2.60. The van der Waals surface area contributed by atoms with Crippen LogP contribution in [0.4, 0.5) is 0 Å². The minimum atomic E-state index is -0.552. The number of ether oxygens (including phenoxy) is 1.